The highest BCUT2D eigenvalue weighted by Crippen LogP contribution is 2.47. The molecular weight excluding hydrogens is 313 g/mol. The molecule has 0 saturated heterocycles. The van der Waals surface area contributed by atoms with Crippen LogP contribution in [0.4, 0.5) is 13.2 Å². The summed E-state index contributed by atoms with van der Waals surface area (Å²) in [4.78, 5) is 0. The maximum atomic E-state index is 13.0. The van der Waals surface area contributed by atoms with Gasteiger partial charge in [-0.25, -0.2) is 0 Å². The number of alkyl halides is 3. The predicted molar refractivity (Wildman–Crippen MR) is 88.5 cm³/mol. The second kappa shape index (κ2) is 5.30. The molecule has 1 aromatic rings. The first-order chi connectivity index (χ1) is 10.9. The van der Waals surface area contributed by atoms with Gasteiger partial charge in [0, 0.05) is 6.42 Å². The van der Waals surface area contributed by atoms with E-state index >= 15 is 0 Å². The zero-order chi connectivity index (χ0) is 17.9. The topological polar surface area (TPSA) is 24.7 Å². The largest absolute Gasteiger partial charge is 0.412 e. The standard InChI is InChI=1S/C19H25F3N2/c1-17(2,3)11-8-13(12-6-7-18(4,5)14(12)9-11)15-10-16(24-23-15)19(20,21)22/h8-9,15-16H,6-7,10H2,1-5H3. The molecule has 2 nitrogen and oxygen atoms in total. The molecule has 0 aromatic heterocycles. The zero-order valence-electron chi connectivity index (χ0n) is 15.0. The Labute approximate surface area is 141 Å². The van der Waals surface area contributed by atoms with E-state index < -0.39 is 18.3 Å². The van der Waals surface area contributed by atoms with Crippen molar-refractivity contribution >= 4 is 0 Å². The number of azo groups is 1. The van der Waals surface area contributed by atoms with Crippen LogP contribution in [0.15, 0.2) is 22.4 Å². The fraction of sp³-hybridized carbons (Fsp3) is 0.684. The van der Waals surface area contributed by atoms with Crippen molar-refractivity contribution in [2.45, 2.75) is 83.0 Å². The molecule has 0 fully saturated rings. The van der Waals surface area contributed by atoms with Gasteiger partial charge in [0.1, 0.15) is 0 Å². The lowest BCUT2D eigenvalue weighted by Crippen LogP contribution is -2.25. The van der Waals surface area contributed by atoms with Crippen molar-refractivity contribution in [2.75, 3.05) is 0 Å². The lowest BCUT2D eigenvalue weighted by Gasteiger charge is -2.27. The average Bonchev–Trinajstić information content (AvgIpc) is 3.02. The molecule has 0 amide bonds. The van der Waals surface area contributed by atoms with Crippen molar-refractivity contribution in [3.8, 4) is 0 Å². The summed E-state index contributed by atoms with van der Waals surface area (Å²) in [5.74, 6) is 0. The first-order valence-electron chi connectivity index (χ1n) is 8.54. The SMILES string of the molecule is CC(C)(C)c1cc(C2CC(C(F)(F)F)N=N2)c2c(c1)C(C)(C)CC2. The fourth-order valence-electron chi connectivity index (χ4n) is 3.73. The first-order valence-corrected chi connectivity index (χ1v) is 8.54. The van der Waals surface area contributed by atoms with E-state index in [2.05, 4.69) is 57.0 Å². The summed E-state index contributed by atoms with van der Waals surface area (Å²) in [5.41, 5.74) is 4.59. The summed E-state index contributed by atoms with van der Waals surface area (Å²) in [7, 11) is 0. The van der Waals surface area contributed by atoms with E-state index in [1.165, 1.54) is 11.1 Å². The molecule has 1 aliphatic carbocycles. The number of halogens is 3. The molecule has 2 aliphatic rings. The normalized spacial score (nSPS) is 26.0. The Hall–Kier alpha value is -1.39. The molecule has 24 heavy (non-hydrogen) atoms. The number of fused-ring (bicyclic) bond motifs is 1. The summed E-state index contributed by atoms with van der Waals surface area (Å²) in [5, 5.41) is 7.53. The van der Waals surface area contributed by atoms with Gasteiger partial charge < -0.3 is 0 Å². The van der Waals surface area contributed by atoms with Crippen LogP contribution in [0.2, 0.25) is 0 Å². The Morgan fingerprint density at radius 3 is 2.29 bits per heavy atom. The van der Waals surface area contributed by atoms with E-state index in [-0.39, 0.29) is 17.3 Å². The van der Waals surface area contributed by atoms with Crippen molar-refractivity contribution in [3.63, 3.8) is 0 Å². The van der Waals surface area contributed by atoms with Crippen molar-refractivity contribution in [2.24, 2.45) is 10.2 Å². The van der Waals surface area contributed by atoms with E-state index in [1.54, 1.807) is 0 Å². The van der Waals surface area contributed by atoms with Gasteiger partial charge in [0.2, 0.25) is 0 Å². The van der Waals surface area contributed by atoms with Gasteiger partial charge in [-0.05, 0) is 45.9 Å². The van der Waals surface area contributed by atoms with E-state index in [1.807, 2.05) is 0 Å². The third-order valence-electron chi connectivity index (χ3n) is 5.41. The van der Waals surface area contributed by atoms with Gasteiger partial charge in [-0.2, -0.15) is 23.4 Å². The third kappa shape index (κ3) is 2.98. The Morgan fingerprint density at radius 2 is 1.75 bits per heavy atom. The maximum Gasteiger partial charge on any atom is 0.412 e. The molecule has 0 spiro atoms. The maximum absolute atomic E-state index is 13.0. The molecule has 2 atom stereocenters. The quantitative estimate of drug-likeness (QED) is 0.597. The lowest BCUT2D eigenvalue weighted by atomic mass is 9.78. The first kappa shape index (κ1) is 17.4. The monoisotopic (exact) mass is 338 g/mol. The Balaban J connectivity index is 2.06. The summed E-state index contributed by atoms with van der Waals surface area (Å²) < 4.78 is 38.9. The number of rotatable bonds is 1. The summed E-state index contributed by atoms with van der Waals surface area (Å²) >= 11 is 0. The van der Waals surface area contributed by atoms with Crippen LogP contribution >= 0.6 is 0 Å². The zero-order valence-corrected chi connectivity index (χ0v) is 15.0. The minimum Gasteiger partial charge on any atom is -0.185 e. The van der Waals surface area contributed by atoms with Crippen LogP contribution in [0.1, 0.15) is 75.8 Å². The number of hydrogen-bond acceptors (Lipinski definition) is 2. The average molecular weight is 338 g/mol. The highest BCUT2D eigenvalue weighted by atomic mass is 19.4. The van der Waals surface area contributed by atoms with E-state index in [9.17, 15) is 13.2 Å². The van der Waals surface area contributed by atoms with Crippen LogP contribution in [0.5, 0.6) is 0 Å². The molecule has 0 bridgehead atoms. The second-order valence-corrected chi connectivity index (χ2v) is 8.77. The molecule has 5 heteroatoms. The second-order valence-electron chi connectivity index (χ2n) is 8.77. The molecule has 1 heterocycles. The lowest BCUT2D eigenvalue weighted by molar-refractivity contribution is -0.146. The molecule has 0 radical (unpaired) electrons. The molecule has 132 valence electrons. The van der Waals surface area contributed by atoms with Gasteiger partial charge in [0.25, 0.3) is 0 Å². The van der Waals surface area contributed by atoms with E-state index in [0.29, 0.717) is 0 Å². The molecule has 0 N–H and O–H groups in total. The van der Waals surface area contributed by atoms with E-state index in [4.69, 9.17) is 0 Å². The van der Waals surface area contributed by atoms with Gasteiger partial charge in [0.15, 0.2) is 6.04 Å². The summed E-state index contributed by atoms with van der Waals surface area (Å²) in [6.45, 7) is 10.8. The number of hydrogen-bond donors (Lipinski definition) is 0. The van der Waals surface area contributed by atoms with Gasteiger partial charge in [-0.1, -0.05) is 46.8 Å². The van der Waals surface area contributed by atoms with Crippen LogP contribution in [-0.4, -0.2) is 12.2 Å². The van der Waals surface area contributed by atoms with Crippen LogP contribution in [-0.2, 0) is 17.3 Å². The van der Waals surface area contributed by atoms with E-state index in [0.717, 1.165) is 24.0 Å². The van der Waals surface area contributed by atoms with Crippen LogP contribution in [0.3, 0.4) is 0 Å². The molecule has 3 rings (SSSR count). The van der Waals surface area contributed by atoms with Crippen molar-refractivity contribution in [1.29, 1.82) is 0 Å². The van der Waals surface area contributed by atoms with Gasteiger partial charge in [-0.15, -0.1) is 0 Å². The Morgan fingerprint density at radius 1 is 1.08 bits per heavy atom. The fourth-order valence-corrected chi connectivity index (χ4v) is 3.73. The highest BCUT2D eigenvalue weighted by Gasteiger charge is 2.45. The van der Waals surface area contributed by atoms with Crippen LogP contribution in [0, 0.1) is 0 Å². The summed E-state index contributed by atoms with van der Waals surface area (Å²) in [6, 6.07) is 2.19. The molecule has 2 unspecified atom stereocenters. The smallest absolute Gasteiger partial charge is 0.185 e. The predicted octanol–water partition coefficient (Wildman–Crippen LogP) is 6.04. The van der Waals surface area contributed by atoms with Gasteiger partial charge in [0.05, 0.1) is 6.04 Å². The minimum atomic E-state index is -4.30. The summed E-state index contributed by atoms with van der Waals surface area (Å²) in [6.07, 6.45) is -2.44. The molecule has 1 aliphatic heterocycles. The van der Waals surface area contributed by atoms with Gasteiger partial charge >= 0.3 is 6.18 Å². The van der Waals surface area contributed by atoms with Crippen LogP contribution < -0.4 is 0 Å². The van der Waals surface area contributed by atoms with Crippen LogP contribution in [0.25, 0.3) is 0 Å². The Bertz CT molecular complexity index is 681. The molecular formula is C19H25F3N2. The number of benzene rings is 1. The van der Waals surface area contributed by atoms with Gasteiger partial charge in [-0.3, -0.25) is 0 Å². The van der Waals surface area contributed by atoms with Crippen molar-refractivity contribution < 1.29 is 13.2 Å². The minimum absolute atomic E-state index is 0.0539. The van der Waals surface area contributed by atoms with Crippen molar-refractivity contribution in [3.05, 3.63) is 34.4 Å². The molecule has 0 saturated carbocycles. The molecule has 1 aromatic carbocycles. The third-order valence-corrected chi connectivity index (χ3v) is 5.41. The highest BCUT2D eigenvalue weighted by molar-refractivity contribution is 5.49. The number of nitrogens with zero attached hydrogens (tertiary/aromatic N) is 2. The Kier molecular flexibility index (Phi) is 3.85. The van der Waals surface area contributed by atoms with Crippen molar-refractivity contribution in [1.82, 2.24) is 0 Å².